The van der Waals surface area contributed by atoms with Gasteiger partial charge in [0.1, 0.15) is 5.57 Å². The lowest BCUT2D eigenvalue weighted by molar-refractivity contribution is -0.137. The van der Waals surface area contributed by atoms with Gasteiger partial charge >= 0.3 is 6.03 Å². The molecule has 3 aliphatic heterocycles. The van der Waals surface area contributed by atoms with Gasteiger partial charge in [0.25, 0.3) is 11.8 Å². The fourth-order valence-corrected chi connectivity index (χ4v) is 9.02. The summed E-state index contributed by atoms with van der Waals surface area (Å²) in [5.41, 5.74) is 9.63. The fourth-order valence-electron chi connectivity index (χ4n) is 9.02. The first-order chi connectivity index (χ1) is 25.3. The smallest absolute Gasteiger partial charge is 0.334 e. The second-order valence-corrected chi connectivity index (χ2v) is 15.9. The third-order valence-corrected chi connectivity index (χ3v) is 11.9. The summed E-state index contributed by atoms with van der Waals surface area (Å²) < 4.78 is 0. The molecule has 2 aromatic rings. The second-order valence-electron chi connectivity index (χ2n) is 15.9. The molecule has 1 saturated heterocycles. The third kappa shape index (κ3) is 6.40. The minimum absolute atomic E-state index is 0.123. The van der Waals surface area contributed by atoms with E-state index < -0.39 is 17.8 Å². The maximum absolute atomic E-state index is 14.7. The number of hydrogen-bond acceptors (Lipinski definition) is 5. The summed E-state index contributed by atoms with van der Waals surface area (Å²) in [7, 11) is 0. The highest BCUT2D eigenvalue weighted by atomic mass is 16.2. The Balaban J connectivity index is 1.55. The van der Waals surface area contributed by atoms with E-state index in [1.807, 2.05) is 13.8 Å². The Morgan fingerprint density at radius 2 is 1.13 bits per heavy atom. The minimum atomic E-state index is -0.495. The van der Waals surface area contributed by atoms with Gasteiger partial charge in [0, 0.05) is 59.3 Å². The number of carbonyl (C=O) groups is 3. The van der Waals surface area contributed by atoms with Crippen LogP contribution in [0.2, 0.25) is 0 Å². The van der Waals surface area contributed by atoms with Gasteiger partial charge in [-0.1, -0.05) is 103 Å². The predicted molar refractivity (Wildman–Crippen MR) is 217 cm³/mol. The number of anilines is 2. The molecule has 2 aromatic carbocycles. The monoisotopic (exact) mass is 714 g/mol. The van der Waals surface area contributed by atoms with Crippen LogP contribution in [0.3, 0.4) is 0 Å². The summed E-state index contributed by atoms with van der Waals surface area (Å²) in [5, 5.41) is 0. The van der Waals surface area contributed by atoms with Crippen molar-refractivity contribution in [2.45, 2.75) is 118 Å². The number of hydrogen-bond donors (Lipinski definition) is 0. The summed E-state index contributed by atoms with van der Waals surface area (Å²) >= 11 is 0. The van der Waals surface area contributed by atoms with Gasteiger partial charge < -0.3 is 9.80 Å². The van der Waals surface area contributed by atoms with E-state index in [-0.39, 0.29) is 29.0 Å². The number of urea groups is 1. The van der Waals surface area contributed by atoms with E-state index in [1.54, 1.807) is 0 Å². The molecule has 0 radical (unpaired) electrons. The number of fused-ring (bicyclic) bond motifs is 2. The number of para-hydroxylation sites is 2. The molecule has 0 bridgehead atoms. The van der Waals surface area contributed by atoms with E-state index >= 15 is 0 Å². The SMILES string of the molecule is CCCCN1C(=O)C(=C2/C(=C/C=C3/N(CC)c4ccccc4C3(C)C)CC/C2=C\C=C2\N(CC)c3ccccc3C2(C)C)C(=O)N(C(C)CCC)C1=O. The molecule has 0 aromatic heterocycles. The molecule has 4 amide bonds. The Morgan fingerprint density at radius 1 is 0.642 bits per heavy atom. The van der Waals surface area contributed by atoms with E-state index in [0.717, 1.165) is 37.1 Å². The van der Waals surface area contributed by atoms with Crippen LogP contribution in [0.25, 0.3) is 0 Å². The van der Waals surface area contributed by atoms with Gasteiger partial charge in [0.2, 0.25) is 0 Å². The molecule has 280 valence electrons. The highest BCUT2D eigenvalue weighted by Crippen LogP contribution is 2.50. The summed E-state index contributed by atoms with van der Waals surface area (Å²) in [5.74, 6) is -0.953. The molecule has 1 unspecified atom stereocenters. The molecule has 3 heterocycles. The Labute approximate surface area is 317 Å². The van der Waals surface area contributed by atoms with Crippen molar-refractivity contribution in [3.05, 3.63) is 118 Å². The summed E-state index contributed by atoms with van der Waals surface area (Å²) in [6.07, 6.45) is 13.1. The fraction of sp³-hybridized carbons (Fsp3) is 0.457. The van der Waals surface area contributed by atoms with Gasteiger partial charge in [-0.05, 0) is 98.6 Å². The van der Waals surface area contributed by atoms with Crippen molar-refractivity contribution in [2.24, 2.45) is 0 Å². The number of benzene rings is 2. The van der Waals surface area contributed by atoms with E-state index in [9.17, 15) is 14.4 Å². The van der Waals surface area contributed by atoms with Crippen LogP contribution in [-0.2, 0) is 20.4 Å². The lowest BCUT2D eigenvalue weighted by Crippen LogP contribution is -2.59. The molecule has 1 atom stereocenters. The van der Waals surface area contributed by atoms with Crippen LogP contribution in [0.5, 0.6) is 0 Å². The first-order valence-corrected chi connectivity index (χ1v) is 19.9. The van der Waals surface area contributed by atoms with Crippen LogP contribution in [-0.4, -0.2) is 53.3 Å². The summed E-state index contributed by atoms with van der Waals surface area (Å²) in [4.78, 5) is 50.6. The van der Waals surface area contributed by atoms with E-state index in [0.29, 0.717) is 31.3 Å². The zero-order valence-corrected chi connectivity index (χ0v) is 33.4. The van der Waals surface area contributed by atoms with Crippen molar-refractivity contribution in [2.75, 3.05) is 29.4 Å². The van der Waals surface area contributed by atoms with Gasteiger partial charge in [0.05, 0.1) is 0 Å². The topological polar surface area (TPSA) is 64.2 Å². The number of imide groups is 2. The van der Waals surface area contributed by atoms with Crippen molar-refractivity contribution in [1.82, 2.24) is 9.80 Å². The summed E-state index contributed by atoms with van der Waals surface area (Å²) in [6, 6.07) is 16.3. The maximum Gasteiger partial charge on any atom is 0.334 e. The van der Waals surface area contributed by atoms with Crippen molar-refractivity contribution in [3.8, 4) is 0 Å². The standard InChI is InChI=1S/C46H58N4O3/c1-10-14-30-49-42(51)41(43(52)50(44(49)53)31(5)19-11-2)40-32(26-28-38-45(6,7)34-20-15-17-22-36(34)47(38)12-3)24-25-33(40)27-29-39-46(8,9)35-21-16-18-23-37(35)48(39)13-4/h15-18,20-23,26-29,31H,10-14,19,24-25,30H2,1-9H3/b32-26+,33-27+,38-28+,39-29+. The Hall–Kier alpha value is -4.65. The first-order valence-electron chi connectivity index (χ1n) is 19.9. The number of barbiturate groups is 1. The van der Waals surface area contributed by atoms with Crippen LogP contribution in [0.4, 0.5) is 16.2 Å². The molecule has 7 heteroatoms. The Kier molecular flexibility index (Phi) is 10.8. The molecule has 1 saturated carbocycles. The lowest BCUT2D eigenvalue weighted by Gasteiger charge is -2.38. The molecule has 2 fully saturated rings. The van der Waals surface area contributed by atoms with E-state index in [4.69, 9.17) is 0 Å². The second kappa shape index (κ2) is 15.0. The summed E-state index contributed by atoms with van der Waals surface area (Å²) in [6.45, 7) is 21.3. The van der Waals surface area contributed by atoms with Crippen molar-refractivity contribution >= 4 is 29.2 Å². The van der Waals surface area contributed by atoms with Crippen LogP contribution >= 0.6 is 0 Å². The number of likely N-dealkylation sites (N-methyl/N-ethyl adjacent to an activating group) is 2. The molecule has 1 aliphatic carbocycles. The molecular formula is C46H58N4O3. The van der Waals surface area contributed by atoms with Crippen molar-refractivity contribution in [1.29, 1.82) is 0 Å². The Bertz CT molecular complexity index is 1860. The van der Waals surface area contributed by atoms with Crippen molar-refractivity contribution < 1.29 is 14.4 Å². The zero-order valence-electron chi connectivity index (χ0n) is 33.4. The minimum Gasteiger partial charge on any atom is -0.344 e. The van der Waals surface area contributed by atoms with Crippen LogP contribution in [0.15, 0.2) is 107 Å². The van der Waals surface area contributed by atoms with Gasteiger partial charge in [-0.3, -0.25) is 19.4 Å². The molecule has 53 heavy (non-hydrogen) atoms. The van der Waals surface area contributed by atoms with Crippen LogP contribution in [0.1, 0.15) is 112 Å². The highest BCUT2D eigenvalue weighted by Gasteiger charge is 2.47. The molecule has 0 spiro atoms. The van der Waals surface area contributed by atoms with Gasteiger partial charge in [-0.15, -0.1) is 0 Å². The van der Waals surface area contributed by atoms with Crippen molar-refractivity contribution in [3.63, 3.8) is 0 Å². The molecule has 0 N–H and O–H groups in total. The highest BCUT2D eigenvalue weighted by molar-refractivity contribution is 6.30. The number of nitrogens with zero attached hydrogens (tertiary/aromatic N) is 4. The van der Waals surface area contributed by atoms with Crippen LogP contribution < -0.4 is 9.80 Å². The average Bonchev–Trinajstić information content (AvgIpc) is 3.70. The third-order valence-electron chi connectivity index (χ3n) is 11.9. The number of rotatable bonds is 10. The maximum atomic E-state index is 14.7. The quantitative estimate of drug-likeness (QED) is 0.181. The number of unbranched alkanes of at least 4 members (excludes halogenated alkanes) is 1. The molecule has 4 aliphatic rings. The lowest BCUT2D eigenvalue weighted by atomic mass is 9.83. The number of amides is 4. The van der Waals surface area contributed by atoms with Gasteiger partial charge in [0.15, 0.2) is 0 Å². The average molecular weight is 715 g/mol. The molecular weight excluding hydrogens is 657 g/mol. The molecule has 6 rings (SSSR count). The largest absolute Gasteiger partial charge is 0.344 e. The predicted octanol–water partition coefficient (Wildman–Crippen LogP) is 10.1. The normalized spacial score (nSPS) is 23.1. The van der Waals surface area contributed by atoms with E-state index in [1.165, 1.54) is 43.7 Å². The zero-order chi connectivity index (χ0) is 38.2. The van der Waals surface area contributed by atoms with Crippen LogP contribution in [0, 0.1) is 0 Å². The number of allylic oxidation sites excluding steroid dienone is 9. The number of carbonyl (C=O) groups excluding carboxylic acids is 3. The van der Waals surface area contributed by atoms with E-state index in [2.05, 4.69) is 131 Å². The first kappa shape index (κ1) is 38.1. The van der Waals surface area contributed by atoms with Gasteiger partial charge in [-0.2, -0.15) is 0 Å². The van der Waals surface area contributed by atoms with Gasteiger partial charge in [-0.25, -0.2) is 4.79 Å². The molecule has 7 nitrogen and oxygen atoms in total. The Morgan fingerprint density at radius 3 is 1.58 bits per heavy atom.